The van der Waals surface area contributed by atoms with Crippen molar-refractivity contribution in [2.45, 2.75) is 45.1 Å². The molecule has 3 heterocycles. The smallest absolute Gasteiger partial charge is 0.257 e. The zero-order chi connectivity index (χ0) is 21.1. The predicted octanol–water partition coefficient (Wildman–Crippen LogP) is 4.05. The minimum absolute atomic E-state index is 0.269. The van der Waals surface area contributed by atoms with Crippen molar-refractivity contribution in [3.05, 3.63) is 52.9 Å². The largest absolute Gasteiger partial charge is 0.385 e. The van der Waals surface area contributed by atoms with Crippen molar-refractivity contribution in [2.75, 3.05) is 26.8 Å². The molecule has 1 atom stereocenters. The standard InChI is InChI=1S/C22H27FN4O3/c1-15-19(16(2)29-25-15)13-27-11-4-9-22(14-27,10-12-28-3)21-24-20(30-26-21)17-5-7-18(23)8-6-17/h5-8H,4,9-14H2,1-3H3. The van der Waals surface area contributed by atoms with Gasteiger partial charge in [0.25, 0.3) is 5.89 Å². The van der Waals surface area contributed by atoms with E-state index in [-0.39, 0.29) is 11.2 Å². The van der Waals surface area contributed by atoms with Crippen LogP contribution in [0, 0.1) is 19.7 Å². The van der Waals surface area contributed by atoms with Gasteiger partial charge in [-0.25, -0.2) is 4.39 Å². The third kappa shape index (κ3) is 4.15. The normalized spacial score (nSPS) is 20.0. The van der Waals surface area contributed by atoms with Crippen LogP contribution in [0.5, 0.6) is 0 Å². The molecule has 0 bridgehead atoms. The van der Waals surface area contributed by atoms with Crippen molar-refractivity contribution < 1.29 is 18.2 Å². The monoisotopic (exact) mass is 414 g/mol. The van der Waals surface area contributed by atoms with E-state index in [1.807, 2.05) is 13.8 Å². The van der Waals surface area contributed by atoms with E-state index in [0.717, 1.165) is 55.9 Å². The Morgan fingerprint density at radius 3 is 2.67 bits per heavy atom. The average molecular weight is 414 g/mol. The number of benzene rings is 1. The zero-order valence-corrected chi connectivity index (χ0v) is 17.7. The van der Waals surface area contributed by atoms with Gasteiger partial charge in [-0.2, -0.15) is 4.98 Å². The van der Waals surface area contributed by atoms with Crippen molar-refractivity contribution in [2.24, 2.45) is 0 Å². The maximum Gasteiger partial charge on any atom is 0.257 e. The van der Waals surface area contributed by atoms with Gasteiger partial charge in [0.15, 0.2) is 5.82 Å². The molecule has 30 heavy (non-hydrogen) atoms. The Morgan fingerprint density at radius 2 is 1.97 bits per heavy atom. The van der Waals surface area contributed by atoms with Crippen LogP contribution in [0.15, 0.2) is 33.3 Å². The number of methoxy groups -OCH3 is 1. The Hall–Kier alpha value is -2.58. The predicted molar refractivity (Wildman–Crippen MR) is 108 cm³/mol. The molecule has 1 aliphatic rings. The lowest BCUT2D eigenvalue weighted by Gasteiger charge is -2.41. The van der Waals surface area contributed by atoms with Gasteiger partial charge in [0.05, 0.1) is 5.69 Å². The van der Waals surface area contributed by atoms with Gasteiger partial charge in [-0.15, -0.1) is 0 Å². The maximum atomic E-state index is 13.3. The molecule has 8 heteroatoms. The summed E-state index contributed by atoms with van der Waals surface area (Å²) in [6.07, 6.45) is 2.77. The lowest BCUT2D eigenvalue weighted by atomic mass is 9.76. The summed E-state index contributed by atoms with van der Waals surface area (Å²) < 4.78 is 29.6. The number of hydrogen-bond donors (Lipinski definition) is 0. The SMILES string of the molecule is COCCC1(c2noc(-c3ccc(F)cc3)n2)CCCN(Cc2c(C)noc2C)C1. The Balaban J connectivity index is 1.60. The van der Waals surface area contributed by atoms with Crippen LogP contribution in [0.25, 0.3) is 11.5 Å². The van der Waals surface area contributed by atoms with Crippen LogP contribution in [0.3, 0.4) is 0 Å². The Kier molecular flexibility index (Phi) is 5.97. The van der Waals surface area contributed by atoms with Gasteiger partial charge in [0.1, 0.15) is 11.6 Å². The van der Waals surface area contributed by atoms with Gasteiger partial charge >= 0.3 is 0 Å². The number of nitrogens with zero attached hydrogens (tertiary/aromatic N) is 4. The number of ether oxygens (including phenoxy) is 1. The van der Waals surface area contributed by atoms with Gasteiger partial charge in [0.2, 0.25) is 0 Å². The zero-order valence-electron chi connectivity index (χ0n) is 17.7. The van der Waals surface area contributed by atoms with E-state index in [1.165, 1.54) is 12.1 Å². The molecule has 4 rings (SSSR count). The highest BCUT2D eigenvalue weighted by Crippen LogP contribution is 2.37. The third-order valence-corrected chi connectivity index (χ3v) is 6.00. The van der Waals surface area contributed by atoms with Crippen LogP contribution in [0.2, 0.25) is 0 Å². The fourth-order valence-corrected chi connectivity index (χ4v) is 4.26. The first-order valence-electron chi connectivity index (χ1n) is 10.2. The fraction of sp³-hybridized carbons (Fsp3) is 0.500. The number of halogens is 1. The van der Waals surface area contributed by atoms with Gasteiger partial charge in [0, 0.05) is 43.3 Å². The first-order chi connectivity index (χ1) is 14.5. The van der Waals surface area contributed by atoms with E-state index in [0.29, 0.717) is 23.9 Å². The molecule has 0 amide bonds. The molecule has 0 N–H and O–H groups in total. The summed E-state index contributed by atoms with van der Waals surface area (Å²) in [5, 5.41) is 8.42. The van der Waals surface area contributed by atoms with Crippen molar-refractivity contribution in [3.8, 4) is 11.5 Å². The molecule has 0 saturated carbocycles. The van der Waals surface area contributed by atoms with E-state index in [4.69, 9.17) is 18.8 Å². The number of hydrogen-bond acceptors (Lipinski definition) is 7. The van der Waals surface area contributed by atoms with E-state index >= 15 is 0 Å². The maximum absolute atomic E-state index is 13.3. The number of likely N-dealkylation sites (tertiary alicyclic amines) is 1. The first-order valence-corrected chi connectivity index (χ1v) is 10.2. The summed E-state index contributed by atoms with van der Waals surface area (Å²) in [5.41, 5.74) is 2.51. The van der Waals surface area contributed by atoms with Gasteiger partial charge < -0.3 is 13.8 Å². The molecule has 1 aromatic carbocycles. The van der Waals surface area contributed by atoms with E-state index in [1.54, 1.807) is 19.2 Å². The summed E-state index contributed by atoms with van der Waals surface area (Å²) >= 11 is 0. The van der Waals surface area contributed by atoms with Crippen LogP contribution in [0.1, 0.15) is 42.1 Å². The number of rotatable bonds is 7. The fourth-order valence-electron chi connectivity index (χ4n) is 4.26. The Morgan fingerprint density at radius 1 is 1.17 bits per heavy atom. The topological polar surface area (TPSA) is 77.4 Å². The Labute approximate surface area is 175 Å². The average Bonchev–Trinajstić information content (AvgIpc) is 3.36. The van der Waals surface area contributed by atoms with Gasteiger partial charge in [-0.05, 0) is 63.9 Å². The van der Waals surface area contributed by atoms with Crippen molar-refractivity contribution in [1.29, 1.82) is 0 Å². The molecule has 3 aromatic rings. The number of aromatic nitrogens is 3. The molecular formula is C22H27FN4O3. The minimum atomic E-state index is -0.294. The second kappa shape index (κ2) is 8.65. The van der Waals surface area contributed by atoms with Crippen LogP contribution in [-0.4, -0.2) is 47.0 Å². The molecule has 1 fully saturated rings. The lowest BCUT2D eigenvalue weighted by molar-refractivity contribution is 0.0916. The van der Waals surface area contributed by atoms with Crippen molar-refractivity contribution in [3.63, 3.8) is 0 Å². The van der Waals surface area contributed by atoms with Crippen LogP contribution in [-0.2, 0) is 16.7 Å². The molecule has 0 spiro atoms. The highest BCUT2D eigenvalue weighted by atomic mass is 19.1. The summed E-state index contributed by atoms with van der Waals surface area (Å²) in [5.74, 6) is 1.66. The molecule has 1 unspecified atom stereocenters. The quantitative estimate of drug-likeness (QED) is 0.577. The summed E-state index contributed by atoms with van der Waals surface area (Å²) in [6, 6.07) is 6.09. The molecular weight excluding hydrogens is 387 g/mol. The Bertz CT molecular complexity index is 965. The van der Waals surface area contributed by atoms with E-state index in [2.05, 4.69) is 15.2 Å². The van der Waals surface area contributed by atoms with Crippen LogP contribution < -0.4 is 0 Å². The van der Waals surface area contributed by atoms with Crippen LogP contribution in [0.4, 0.5) is 4.39 Å². The van der Waals surface area contributed by atoms with Crippen molar-refractivity contribution in [1.82, 2.24) is 20.2 Å². The molecule has 1 saturated heterocycles. The molecule has 160 valence electrons. The third-order valence-electron chi connectivity index (χ3n) is 6.00. The number of piperidine rings is 1. The molecule has 1 aliphatic heterocycles. The highest BCUT2D eigenvalue weighted by Gasteiger charge is 2.41. The second-order valence-electron chi connectivity index (χ2n) is 8.07. The van der Waals surface area contributed by atoms with E-state index < -0.39 is 0 Å². The van der Waals surface area contributed by atoms with Gasteiger partial charge in [-0.1, -0.05) is 10.3 Å². The first kappa shape index (κ1) is 20.7. The second-order valence-corrected chi connectivity index (χ2v) is 8.07. The van der Waals surface area contributed by atoms with E-state index in [9.17, 15) is 4.39 Å². The molecule has 0 radical (unpaired) electrons. The minimum Gasteiger partial charge on any atom is -0.385 e. The molecule has 2 aromatic heterocycles. The number of aryl methyl sites for hydroxylation is 2. The molecule has 0 aliphatic carbocycles. The summed E-state index contributed by atoms with van der Waals surface area (Å²) in [7, 11) is 1.71. The molecule has 7 nitrogen and oxygen atoms in total. The highest BCUT2D eigenvalue weighted by molar-refractivity contribution is 5.52. The van der Waals surface area contributed by atoms with Gasteiger partial charge in [-0.3, -0.25) is 4.90 Å². The van der Waals surface area contributed by atoms with Crippen LogP contribution >= 0.6 is 0 Å². The van der Waals surface area contributed by atoms with Crippen molar-refractivity contribution >= 4 is 0 Å². The summed E-state index contributed by atoms with van der Waals surface area (Å²) in [6.45, 7) is 7.09. The lowest BCUT2D eigenvalue weighted by Crippen LogP contribution is -2.47. The summed E-state index contributed by atoms with van der Waals surface area (Å²) in [4.78, 5) is 7.11.